The predicted octanol–water partition coefficient (Wildman–Crippen LogP) is 3.49. The van der Waals surface area contributed by atoms with E-state index in [0.717, 1.165) is 44.9 Å². The number of aliphatic hydroxyl groups is 1. The molecule has 4 aliphatic rings. The molecule has 2 heteroatoms. The molecule has 2 nitrogen and oxygen atoms in total. The van der Waals surface area contributed by atoms with Crippen molar-refractivity contribution < 1.29 is 9.90 Å². The molecule has 4 rings (SSSR count). The summed E-state index contributed by atoms with van der Waals surface area (Å²) in [5.74, 6) is 5.66. The highest BCUT2D eigenvalue weighted by Crippen LogP contribution is 2.64. The molecule has 6 atom stereocenters. The van der Waals surface area contributed by atoms with Gasteiger partial charge in [0.1, 0.15) is 5.60 Å². The van der Waals surface area contributed by atoms with Crippen molar-refractivity contribution in [3.8, 4) is 12.3 Å². The van der Waals surface area contributed by atoms with Gasteiger partial charge in [-0.1, -0.05) is 18.4 Å². The number of allylic oxidation sites excluding steroid dienone is 1. The number of rotatable bonds is 0. The van der Waals surface area contributed by atoms with Crippen molar-refractivity contribution in [2.45, 2.75) is 63.9 Å². The van der Waals surface area contributed by atoms with Gasteiger partial charge >= 0.3 is 0 Å². The first-order chi connectivity index (χ1) is 10.5. The predicted molar refractivity (Wildman–Crippen MR) is 85.9 cm³/mol. The molecule has 3 fully saturated rings. The average Bonchev–Trinajstić information content (AvgIpc) is 2.79. The van der Waals surface area contributed by atoms with Gasteiger partial charge in [-0.05, 0) is 74.7 Å². The van der Waals surface area contributed by atoms with Gasteiger partial charge in [-0.2, -0.15) is 0 Å². The third-order valence-electron chi connectivity index (χ3n) is 7.69. The Morgan fingerprint density at radius 3 is 2.77 bits per heavy atom. The molecule has 0 amide bonds. The summed E-state index contributed by atoms with van der Waals surface area (Å²) in [6, 6.07) is 0. The summed E-state index contributed by atoms with van der Waals surface area (Å²) in [6.45, 7) is 2.23. The van der Waals surface area contributed by atoms with Crippen LogP contribution in [0, 0.1) is 41.4 Å². The molecule has 0 aromatic carbocycles. The lowest BCUT2D eigenvalue weighted by atomic mass is 9.50. The number of ketones is 1. The first-order valence-electron chi connectivity index (χ1n) is 8.92. The van der Waals surface area contributed by atoms with Crippen LogP contribution in [0.4, 0.5) is 0 Å². The average molecular weight is 298 g/mol. The smallest absolute Gasteiger partial charge is 0.155 e. The summed E-state index contributed by atoms with van der Waals surface area (Å²) in [6.07, 6.45) is 15.7. The second-order valence-corrected chi connectivity index (χ2v) is 8.30. The number of terminal acetylenes is 1. The highest BCUT2D eigenvalue weighted by molar-refractivity contribution is 5.91. The van der Waals surface area contributed by atoms with E-state index in [-0.39, 0.29) is 5.41 Å². The highest BCUT2D eigenvalue weighted by atomic mass is 16.3. The summed E-state index contributed by atoms with van der Waals surface area (Å²) in [4.78, 5) is 11.7. The van der Waals surface area contributed by atoms with Crippen LogP contribution in [0.2, 0.25) is 0 Å². The molecule has 0 aromatic rings. The van der Waals surface area contributed by atoms with Gasteiger partial charge in [0, 0.05) is 11.8 Å². The minimum Gasteiger partial charge on any atom is -0.377 e. The third kappa shape index (κ3) is 1.75. The van der Waals surface area contributed by atoms with Gasteiger partial charge in [-0.15, -0.1) is 6.42 Å². The quantitative estimate of drug-likeness (QED) is 0.695. The number of hydrogen-bond acceptors (Lipinski definition) is 2. The summed E-state index contributed by atoms with van der Waals surface area (Å²) in [5, 5.41) is 10.9. The van der Waals surface area contributed by atoms with Crippen molar-refractivity contribution in [3.63, 3.8) is 0 Å². The second kappa shape index (κ2) is 4.71. The van der Waals surface area contributed by atoms with Crippen LogP contribution in [0.1, 0.15) is 58.3 Å². The van der Waals surface area contributed by atoms with E-state index in [4.69, 9.17) is 6.42 Å². The van der Waals surface area contributed by atoms with E-state index >= 15 is 0 Å². The lowest BCUT2D eigenvalue weighted by Gasteiger charge is -2.54. The zero-order valence-corrected chi connectivity index (χ0v) is 13.5. The van der Waals surface area contributed by atoms with Gasteiger partial charge in [0.25, 0.3) is 0 Å². The summed E-state index contributed by atoms with van der Waals surface area (Å²) < 4.78 is 0. The van der Waals surface area contributed by atoms with E-state index in [0.29, 0.717) is 29.5 Å². The van der Waals surface area contributed by atoms with E-state index in [1.807, 2.05) is 6.08 Å². The van der Waals surface area contributed by atoms with Crippen LogP contribution >= 0.6 is 0 Å². The van der Waals surface area contributed by atoms with Gasteiger partial charge in [-0.3, -0.25) is 4.79 Å². The van der Waals surface area contributed by atoms with Crippen LogP contribution in [0.3, 0.4) is 0 Å². The largest absolute Gasteiger partial charge is 0.377 e. The fourth-order valence-electron chi connectivity index (χ4n) is 6.43. The first kappa shape index (κ1) is 14.5. The Bertz CT molecular complexity index is 583. The molecule has 4 aliphatic carbocycles. The summed E-state index contributed by atoms with van der Waals surface area (Å²) in [5.41, 5.74) is 0.418. The SMILES string of the molecule is C#C[C@@]1(O)CC[C@@H]2[C@H]3CCC4=CC(=O)CC[C@H]4[C@@H]3CC[C@]21C. The normalized spacial score (nSPS) is 50.4. The van der Waals surface area contributed by atoms with E-state index in [9.17, 15) is 9.90 Å². The van der Waals surface area contributed by atoms with Crippen LogP contribution in [-0.2, 0) is 4.79 Å². The van der Waals surface area contributed by atoms with Crippen molar-refractivity contribution >= 4 is 5.78 Å². The van der Waals surface area contributed by atoms with Gasteiger partial charge < -0.3 is 5.11 Å². The molecule has 0 heterocycles. The molecular weight excluding hydrogens is 272 g/mol. The van der Waals surface area contributed by atoms with E-state index in [1.54, 1.807) is 0 Å². The monoisotopic (exact) mass is 298 g/mol. The van der Waals surface area contributed by atoms with Crippen molar-refractivity contribution in [2.24, 2.45) is 29.1 Å². The van der Waals surface area contributed by atoms with Gasteiger partial charge in [-0.25, -0.2) is 0 Å². The topological polar surface area (TPSA) is 37.3 Å². The second-order valence-electron chi connectivity index (χ2n) is 8.30. The first-order valence-corrected chi connectivity index (χ1v) is 8.92. The molecule has 3 saturated carbocycles. The van der Waals surface area contributed by atoms with Gasteiger partial charge in [0.15, 0.2) is 5.78 Å². The van der Waals surface area contributed by atoms with Crippen LogP contribution in [0.15, 0.2) is 11.6 Å². The summed E-state index contributed by atoms with van der Waals surface area (Å²) in [7, 11) is 0. The number of carbonyl (C=O) groups excluding carboxylic acids is 1. The zero-order chi connectivity index (χ0) is 15.5. The van der Waals surface area contributed by atoms with Crippen molar-refractivity contribution in [3.05, 3.63) is 11.6 Å². The lowest BCUT2D eigenvalue weighted by Crippen LogP contribution is -2.52. The molecule has 0 radical (unpaired) electrons. The highest BCUT2D eigenvalue weighted by Gasteiger charge is 2.61. The zero-order valence-electron chi connectivity index (χ0n) is 13.5. The van der Waals surface area contributed by atoms with Crippen LogP contribution in [0.5, 0.6) is 0 Å². The molecular formula is C20H26O2. The number of hydrogen-bond donors (Lipinski definition) is 1. The Hall–Kier alpha value is -1.07. The van der Waals surface area contributed by atoms with E-state index < -0.39 is 5.60 Å². The fourth-order valence-corrected chi connectivity index (χ4v) is 6.43. The van der Waals surface area contributed by atoms with E-state index in [1.165, 1.54) is 12.0 Å². The van der Waals surface area contributed by atoms with Crippen LogP contribution in [0.25, 0.3) is 0 Å². The van der Waals surface area contributed by atoms with Crippen molar-refractivity contribution in [2.75, 3.05) is 0 Å². The third-order valence-corrected chi connectivity index (χ3v) is 7.69. The molecule has 0 aliphatic heterocycles. The molecule has 0 bridgehead atoms. The molecule has 0 saturated heterocycles. The molecule has 22 heavy (non-hydrogen) atoms. The minimum atomic E-state index is -0.902. The van der Waals surface area contributed by atoms with Crippen LogP contribution in [-0.4, -0.2) is 16.5 Å². The Labute approximate surface area is 133 Å². The molecule has 0 aromatic heterocycles. The van der Waals surface area contributed by atoms with Gasteiger partial charge in [0.2, 0.25) is 0 Å². The maximum Gasteiger partial charge on any atom is 0.155 e. The van der Waals surface area contributed by atoms with Gasteiger partial charge in [0.05, 0.1) is 0 Å². The Balaban J connectivity index is 1.65. The molecule has 1 N–H and O–H groups in total. The van der Waals surface area contributed by atoms with Crippen molar-refractivity contribution in [1.82, 2.24) is 0 Å². The lowest BCUT2D eigenvalue weighted by molar-refractivity contribution is -0.116. The van der Waals surface area contributed by atoms with Crippen molar-refractivity contribution in [1.29, 1.82) is 0 Å². The Kier molecular flexibility index (Phi) is 3.11. The number of fused-ring (bicyclic) bond motifs is 5. The molecule has 0 unspecified atom stereocenters. The Morgan fingerprint density at radius 1 is 1.18 bits per heavy atom. The maximum atomic E-state index is 11.7. The molecule has 118 valence electrons. The standard InChI is InChI=1S/C20H26O2/c1-3-20(22)11-9-18-17-6-4-13-12-14(21)5-7-15(13)16(17)8-10-19(18,20)2/h1,12,15-18,22H,4-11H2,2H3/t15-,16+,17+,18-,19-,20-/m1/s1. The minimum absolute atomic E-state index is 0.103. The number of carbonyl (C=O) groups is 1. The fraction of sp³-hybridized carbons (Fsp3) is 0.750. The Morgan fingerprint density at radius 2 is 2.00 bits per heavy atom. The van der Waals surface area contributed by atoms with E-state index in [2.05, 4.69) is 12.8 Å². The summed E-state index contributed by atoms with van der Waals surface area (Å²) >= 11 is 0. The maximum absolute atomic E-state index is 11.7. The molecule has 0 spiro atoms. The van der Waals surface area contributed by atoms with Crippen LogP contribution < -0.4 is 0 Å².